The second-order valence-corrected chi connectivity index (χ2v) is 6.78. The molecule has 0 spiro atoms. The van der Waals surface area contributed by atoms with Gasteiger partial charge in [-0.05, 0) is 51.3 Å². The second-order valence-electron chi connectivity index (χ2n) is 6.38. The fourth-order valence-electron chi connectivity index (χ4n) is 2.18. The SMILES string of the molecule is CCCN(CCC)c1ccc(CNC(C)(C)C)cc1Cl. The first-order valence-electron chi connectivity index (χ1n) is 7.65. The van der Waals surface area contributed by atoms with E-state index in [9.17, 15) is 0 Å². The Morgan fingerprint density at radius 3 is 2.15 bits per heavy atom. The molecule has 2 nitrogen and oxygen atoms in total. The molecule has 1 N–H and O–H groups in total. The monoisotopic (exact) mass is 296 g/mol. The van der Waals surface area contributed by atoms with Crippen LogP contribution in [0.4, 0.5) is 5.69 Å². The number of halogens is 1. The van der Waals surface area contributed by atoms with E-state index in [2.05, 4.69) is 63.0 Å². The number of rotatable bonds is 7. The summed E-state index contributed by atoms with van der Waals surface area (Å²) in [5.74, 6) is 0. The average molecular weight is 297 g/mol. The van der Waals surface area contributed by atoms with Crippen LogP contribution in [0, 0.1) is 0 Å². The Bertz CT molecular complexity index is 404. The van der Waals surface area contributed by atoms with Crippen molar-refractivity contribution in [1.29, 1.82) is 0 Å². The van der Waals surface area contributed by atoms with E-state index in [0.717, 1.165) is 43.2 Å². The lowest BCUT2D eigenvalue weighted by molar-refractivity contribution is 0.424. The van der Waals surface area contributed by atoms with Gasteiger partial charge in [-0.1, -0.05) is 31.5 Å². The van der Waals surface area contributed by atoms with Gasteiger partial charge in [0.15, 0.2) is 0 Å². The highest BCUT2D eigenvalue weighted by Gasteiger charge is 2.11. The molecule has 114 valence electrons. The molecule has 3 heteroatoms. The van der Waals surface area contributed by atoms with Crippen LogP contribution in [0.5, 0.6) is 0 Å². The van der Waals surface area contributed by atoms with Crippen molar-refractivity contribution in [2.24, 2.45) is 0 Å². The molecule has 0 aromatic heterocycles. The quantitative estimate of drug-likeness (QED) is 0.773. The van der Waals surface area contributed by atoms with Gasteiger partial charge in [0.05, 0.1) is 10.7 Å². The van der Waals surface area contributed by atoms with E-state index in [4.69, 9.17) is 11.6 Å². The number of anilines is 1. The van der Waals surface area contributed by atoms with Crippen LogP contribution in [0.25, 0.3) is 0 Å². The predicted molar refractivity (Wildman–Crippen MR) is 90.8 cm³/mol. The van der Waals surface area contributed by atoms with Crippen LogP contribution in [0.1, 0.15) is 53.0 Å². The largest absolute Gasteiger partial charge is 0.370 e. The summed E-state index contributed by atoms with van der Waals surface area (Å²) in [7, 11) is 0. The van der Waals surface area contributed by atoms with Gasteiger partial charge in [-0.25, -0.2) is 0 Å². The van der Waals surface area contributed by atoms with E-state index in [-0.39, 0.29) is 5.54 Å². The topological polar surface area (TPSA) is 15.3 Å². The van der Waals surface area contributed by atoms with E-state index in [1.54, 1.807) is 0 Å². The number of benzene rings is 1. The molecule has 20 heavy (non-hydrogen) atoms. The Morgan fingerprint density at radius 2 is 1.70 bits per heavy atom. The molecule has 0 heterocycles. The molecule has 0 saturated carbocycles. The van der Waals surface area contributed by atoms with Gasteiger partial charge in [0.25, 0.3) is 0 Å². The van der Waals surface area contributed by atoms with Crippen molar-refractivity contribution in [1.82, 2.24) is 5.32 Å². The van der Waals surface area contributed by atoms with Crippen molar-refractivity contribution in [3.8, 4) is 0 Å². The molecule has 1 rings (SSSR count). The third kappa shape index (κ3) is 5.72. The van der Waals surface area contributed by atoms with Gasteiger partial charge < -0.3 is 10.2 Å². The van der Waals surface area contributed by atoms with E-state index in [1.165, 1.54) is 5.56 Å². The van der Waals surface area contributed by atoms with Crippen LogP contribution in [0.2, 0.25) is 5.02 Å². The summed E-state index contributed by atoms with van der Waals surface area (Å²) in [5, 5.41) is 4.35. The van der Waals surface area contributed by atoms with Gasteiger partial charge in [-0.3, -0.25) is 0 Å². The van der Waals surface area contributed by atoms with Crippen LogP contribution in [0.15, 0.2) is 18.2 Å². The van der Waals surface area contributed by atoms with Crippen LogP contribution in [-0.4, -0.2) is 18.6 Å². The van der Waals surface area contributed by atoms with Crippen LogP contribution >= 0.6 is 11.6 Å². The standard InChI is InChI=1S/C17H29ClN2/c1-6-10-20(11-7-2)16-9-8-14(12-15(16)18)13-19-17(3,4)5/h8-9,12,19H,6-7,10-11,13H2,1-5H3. The Morgan fingerprint density at radius 1 is 1.10 bits per heavy atom. The zero-order chi connectivity index (χ0) is 15.2. The molecule has 0 amide bonds. The molecule has 1 aromatic carbocycles. The summed E-state index contributed by atoms with van der Waals surface area (Å²) in [6, 6.07) is 6.43. The lowest BCUT2D eigenvalue weighted by Crippen LogP contribution is -2.35. The minimum Gasteiger partial charge on any atom is -0.370 e. The molecule has 0 aliphatic rings. The first-order chi connectivity index (χ1) is 9.37. The van der Waals surface area contributed by atoms with Crippen LogP contribution in [0.3, 0.4) is 0 Å². The van der Waals surface area contributed by atoms with Crippen molar-refractivity contribution in [2.45, 2.75) is 59.5 Å². The molecular weight excluding hydrogens is 268 g/mol. The fraction of sp³-hybridized carbons (Fsp3) is 0.647. The van der Waals surface area contributed by atoms with Gasteiger partial charge in [0.2, 0.25) is 0 Å². The summed E-state index contributed by atoms with van der Waals surface area (Å²) in [6.07, 6.45) is 2.29. The molecule has 1 aromatic rings. The molecule has 0 bridgehead atoms. The first-order valence-corrected chi connectivity index (χ1v) is 8.03. The Kier molecular flexibility index (Phi) is 6.84. The normalized spacial score (nSPS) is 11.7. The van der Waals surface area contributed by atoms with Gasteiger partial charge in [0.1, 0.15) is 0 Å². The highest BCUT2D eigenvalue weighted by atomic mass is 35.5. The number of nitrogens with zero attached hydrogens (tertiary/aromatic N) is 1. The van der Waals surface area contributed by atoms with Gasteiger partial charge in [-0.2, -0.15) is 0 Å². The van der Waals surface area contributed by atoms with E-state index < -0.39 is 0 Å². The first kappa shape index (κ1) is 17.3. The van der Waals surface area contributed by atoms with Crippen molar-refractivity contribution in [3.05, 3.63) is 28.8 Å². The number of hydrogen-bond acceptors (Lipinski definition) is 2. The maximum absolute atomic E-state index is 6.48. The van der Waals surface area contributed by atoms with E-state index in [1.807, 2.05) is 0 Å². The molecule has 0 fully saturated rings. The maximum atomic E-state index is 6.48. The Labute approximate surface area is 129 Å². The van der Waals surface area contributed by atoms with Gasteiger partial charge in [0, 0.05) is 25.2 Å². The van der Waals surface area contributed by atoms with Crippen molar-refractivity contribution < 1.29 is 0 Å². The van der Waals surface area contributed by atoms with Crippen LogP contribution < -0.4 is 10.2 Å². The average Bonchev–Trinajstić information content (AvgIpc) is 2.35. The van der Waals surface area contributed by atoms with Gasteiger partial charge in [-0.15, -0.1) is 0 Å². The van der Waals surface area contributed by atoms with Crippen LogP contribution in [-0.2, 0) is 6.54 Å². The zero-order valence-electron chi connectivity index (χ0n) is 13.6. The van der Waals surface area contributed by atoms with Gasteiger partial charge >= 0.3 is 0 Å². The van der Waals surface area contributed by atoms with E-state index in [0.29, 0.717) is 0 Å². The lowest BCUT2D eigenvalue weighted by atomic mass is 10.1. The minimum atomic E-state index is 0.127. The van der Waals surface area contributed by atoms with Crippen molar-refractivity contribution in [3.63, 3.8) is 0 Å². The molecule has 0 atom stereocenters. The zero-order valence-corrected chi connectivity index (χ0v) is 14.3. The fourth-order valence-corrected chi connectivity index (χ4v) is 2.50. The number of nitrogens with one attached hydrogen (secondary N) is 1. The predicted octanol–water partition coefficient (Wildman–Crippen LogP) is 4.85. The lowest BCUT2D eigenvalue weighted by Gasteiger charge is -2.26. The summed E-state index contributed by atoms with van der Waals surface area (Å²) >= 11 is 6.48. The molecular formula is C17H29ClN2. The Balaban J connectivity index is 2.80. The molecule has 0 unspecified atom stereocenters. The smallest absolute Gasteiger partial charge is 0.0642 e. The molecule has 0 saturated heterocycles. The summed E-state index contributed by atoms with van der Waals surface area (Å²) in [5.41, 5.74) is 2.53. The Hall–Kier alpha value is -0.730. The molecule has 0 radical (unpaired) electrons. The van der Waals surface area contributed by atoms with Crippen molar-refractivity contribution in [2.75, 3.05) is 18.0 Å². The number of hydrogen-bond donors (Lipinski definition) is 1. The maximum Gasteiger partial charge on any atom is 0.0642 e. The van der Waals surface area contributed by atoms with E-state index >= 15 is 0 Å². The molecule has 0 aliphatic heterocycles. The summed E-state index contributed by atoms with van der Waals surface area (Å²) in [6.45, 7) is 13.9. The highest BCUT2D eigenvalue weighted by Crippen LogP contribution is 2.27. The minimum absolute atomic E-state index is 0.127. The summed E-state index contributed by atoms with van der Waals surface area (Å²) < 4.78 is 0. The molecule has 0 aliphatic carbocycles. The third-order valence-electron chi connectivity index (χ3n) is 3.16. The second kappa shape index (κ2) is 7.90. The highest BCUT2D eigenvalue weighted by molar-refractivity contribution is 6.33. The van der Waals surface area contributed by atoms with Crippen molar-refractivity contribution >= 4 is 17.3 Å². The third-order valence-corrected chi connectivity index (χ3v) is 3.47. The summed E-state index contributed by atoms with van der Waals surface area (Å²) in [4.78, 5) is 2.38.